The van der Waals surface area contributed by atoms with Crippen LogP contribution in [0.15, 0.2) is 23.9 Å². The van der Waals surface area contributed by atoms with E-state index in [-0.39, 0.29) is 18.4 Å². The van der Waals surface area contributed by atoms with E-state index < -0.39 is 5.91 Å². The van der Waals surface area contributed by atoms with Crippen molar-refractivity contribution in [2.24, 2.45) is 5.73 Å². The molecule has 0 aromatic heterocycles. The van der Waals surface area contributed by atoms with E-state index in [1.165, 1.54) is 11.1 Å². The van der Waals surface area contributed by atoms with Crippen LogP contribution in [0.4, 0.5) is 4.79 Å². The molecule has 7 heteroatoms. The molecule has 6 nitrogen and oxygen atoms in total. The molecule has 0 spiro atoms. The SMILES string of the molecule is NC(=O)C1=CN(C(=O)N2CCOCC2)CC=C1.[Cl-]. The molecule has 0 aliphatic carbocycles. The van der Waals surface area contributed by atoms with Crippen molar-refractivity contribution in [1.29, 1.82) is 0 Å². The van der Waals surface area contributed by atoms with Gasteiger partial charge in [0.2, 0.25) is 5.91 Å². The molecule has 1 fully saturated rings. The van der Waals surface area contributed by atoms with E-state index in [1.807, 2.05) is 0 Å². The van der Waals surface area contributed by atoms with Gasteiger partial charge in [-0.05, 0) is 0 Å². The average Bonchev–Trinajstić information content (AvgIpc) is 2.39. The number of urea groups is 1. The maximum atomic E-state index is 12.1. The van der Waals surface area contributed by atoms with Gasteiger partial charge in [-0.15, -0.1) is 0 Å². The van der Waals surface area contributed by atoms with E-state index in [2.05, 4.69) is 0 Å². The third-order valence-electron chi connectivity index (χ3n) is 2.71. The van der Waals surface area contributed by atoms with Crippen LogP contribution in [0.25, 0.3) is 0 Å². The molecule has 2 rings (SSSR count). The molecule has 1 saturated heterocycles. The molecule has 2 aliphatic heterocycles. The van der Waals surface area contributed by atoms with E-state index >= 15 is 0 Å². The third-order valence-corrected chi connectivity index (χ3v) is 2.71. The lowest BCUT2D eigenvalue weighted by atomic mass is 10.2. The predicted molar refractivity (Wildman–Crippen MR) is 60.9 cm³/mol. The van der Waals surface area contributed by atoms with Crippen LogP contribution >= 0.6 is 0 Å². The van der Waals surface area contributed by atoms with Gasteiger partial charge in [0.05, 0.1) is 18.8 Å². The lowest BCUT2D eigenvalue weighted by Gasteiger charge is -2.31. The van der Waals surface area contributed by atoms with Gasteiger partial charge in [0.15, 0.2) is 0 Å². The maximum Gasteiger partial charge on any atom is 0.324 e. The van der Waals surface area contributed by atoms with E-state index in [9.17, 15) is 9.59 Å². The first-order valence-corrected chi connectivity index (χ1v) is 5.50. The van der Waals surface area contributed by atoms with Gasteiger partial charge in [0.25, 0.3) is 0 Å². The summed E-state index contributed by atoms with van der Waals surface area (Å²) in [6, 6.07) is -0.114. The Labute approximate surface area is 111 Å². The fourth-order valence-corrected chi connectivity index (χ4v) is 1.77. The molecule has 0 bridgehead atoms. The molecule has 2 aliphatic rings. The van der Waals surface area contributed by atoms with Gasteiger partial charge in [-0.2, -0.15) is 0 Å². The molecule has 100 valence electrons. The highest BCUT2D eigenvalue weighted by Gasteiger charge is 2.23. The molecule has 2 heterocycles. The number of hydrogen-bond donors (Lipinski definition) is 1. The highest BCUT2D eigenvalue weighted by atomic mass is 35.5. The Morgan fingerprint density at radius 2 is 1.94 bits per heavy atom. The second kappa shape index (κ2) is 6.42. The minimum Gasteiger partial charge on any atom is -1.00 e. The van der Waals surface area contributed by atoms with Crippen LogP contribution in [0.1, 0.15) is 0 Å². The number of hydrogen-bond acceptors (Lipinski definition) is 3. The van der Waals surface area contributed by atoms with Crippen LogP contribution in [0, 0.1) is 0 Å². The quantitative estimate of drug-likeness (QED) is 0.543. The van der Waals surface area contributed by atoms with Crippen molar-refractivity contribution < 1.29 is 26.7 Å². The monoisotopic (exact) mass is 272 g/mol. The van der Waals surface area contributed by atoms with Crippen LogP contribution in [0.2, 0.25) is 0 Å². The molecule has 0 aromatic carbocycles. The number of nitrogens with zero attached hydrogens (tertiary/aromatic N) is 2. The summed E-state index contributed by atoms with van der Waals surface area (Å²) < 4.78 is 5.18. The van der Waals surface area contributed by atoms with Crippen LogP contribution in [0.3, 0.4) is 0 Å². The van der Waals surface area contributed by atoms with Crippen molar-refractivity contribution in [2.75, 3.05) is 32.8 Å². The third kappa shape index (κ3) is 3.24. The summed E-state index contributed by atoms with van der Waals surface area (Å²) >= 11 is 0. The smallest absolute Gasteiger partial charge is 0.324 e. The number of primary amides is 1. The number of morpholine rings is 1. The van der Waals surface area contributed by atoms with Crippen molar-refractivity contribution in [1.82, 2.24) is 9.80 Å². The highest BCUT2D eigenvalue weighted by Crippen LogP contribution is 2.11. The van der Waals surface area contributed by atoms with Crippen LogP contribution < -0.4 is 18.1 Å². The average molecular weight is 273 g/mol. The maximum absolute atomic E-state index is 12.1. The topological polar surface area (TPSA) is 75.9 Å². The molecule has 0 unspecified atom stereocenters. The number of carbonyl (C=O) groups is 2. The Morgan fingerprint density at radius 1 is 1.28 bits per heavy atom. The minimum atomic E-state index is -0.527. The summed E-state index contributed by atoms with van der Waals surface area (Å²) in [5.41, 5.74) is 5.52. The van der Waals surface area contributed by atoms with Gasteiger partial charge < -0.3 is 27.8 Å². The Balaban J connectivity index is 0.00000162. The highest BCUT2D eigenvalue weighted by molar-refractivity contribution is 5.95. The zero-order valence-electron chi connectivity index (χ0n) is 9.84. The summed E-state index contributed by atoms with van der Waals surface area (Å²) in [5.74, 6) is -0.527. The lowest BCUT2D eigenvalue weighted by Crippen LogP contribution is -3.00. The van der Waals surface area contributed by atoms with E-state index in [0.29, 0.717) is 38.4 Å². The van der Waals surface area contributed by atoms with Crippen molar-refractivity contribution in [3.05, 3.63) is 23.9 Å². The van der Waals surface area contributed by atoms with E-state index in [4.69, 9.17) is 10.5 Å². The second-order valence-corrected chi connectivity index (χ2v) is 3.89. The Hall–Kier alpha value is -1.53. The molecular weight excluding hydrogens is 258 g/mol. The van der Waals surface area contributed by atoms with Gasteiger partial charge in [-0.1, -0.05) is 12.2 Å². The summed E-state index contributed by atoms with van der Waals surface area (Å²) in [7, 11) is 0. The molecule has 0 radical (unpaired) electrons. The van der Waals surface area contributed by atoms with Crippen molar-refractivity contribution in [3.63, 3.8) is 0 Å². The zero-order chi connectivity index (χ0) is 12.3. The number of carbonyl (C=O) groups excluding carboxylic acids is 2. The molecule has 0 saturated carbocycles. The Morgan fingerprint density at radius 3 is 2.56 bits per heavy atom. The van der Waals surface area contributed by atoms with Gasteiger partial charge in [-0.25, -0.2) is 4.79 Å². The first-order valence-electron chi connectivity index (χ1n) is 5.50. The largest absolute Gasteiger partial charge is 1.00 e. The number of amides is 3. The molecular formula is C11H15ClN3O3-. The molecule has 2 N–H and O–H groups in total. The van der Waals surface area contributed by atoms with E-state index in [0.717, 1.165) is 0 Å². The summed E-state index contributed by atoms with van der Waals surface area (Å²) in [6.07, 6.45) is 4.88. The van der Waals surface area contributed by atoms with Gasteiger partial charge in [-0.3, -0.25) is 9.69 Å². The number of rotatable bonds is 1. The van der Waals surface area contributed by atoms with Crippen LogP contribution in [-0.2, 0) is 9.53 Å². The Bertz CT molecular complexity index is 389. The van der Waals surface area contributed by atoms with Crippen molar-refractivity contribution >= 4 is 11.9 Å². The normalized spacial score (nSPS) is 19.0. The van der Waals surface area contributed by atoms with Gasteiger partial charge >= 0.3 is 6.03 Å². The Kier molecular flexibility index (Phi) is 5.18. The first-order chi connectivity index (χ1) is 8.18. The number of halogens is 1. The van der Waals surface area contributed by atoms with Crippen molar-refractivity contribution in [2.45, 2.75) is 0 Å². The second-order valence-electron chi connectivity index (χ2n) is 3.89. The van der Waals surface area contributed by atoms with Crippen LogP contribution in [0.5, 0.6) is 0 Å². The summed E-state index contributed by atoms with van der Waals surface area (Å²) in [6.45, 7) is 2.74. The van der Waals surface area contributed by atoms with Gasteiger partial charge in [0, 0.05) is 25.8 Å². The summed E-state index contributed by atoms with van der Waals surface area (Å²) in [5, 5.41) is 0. The molecule has 18 heavy (non-hydrogen) atoms. The van der Waals surface area contributed by atoms with Crippen LogP contribution in [-0.4, -0.2) is 54.6 Å². The molecule has 0 atom stereocenters. The fraction of sp³-hybridized carbons (Fsp3) is 0.455. The van der Waals surface area contributed by atoms with Gasteiger partial charge in [0.1, 0.15) is 0 Å². The van der Waals surface area contributed by atoms with Crippen molar-refractivity contribution in [3.8, 4) is 0 Å². The predicted octanol–water partition coefficient (Wildman–Crippen LogP) is -3.32. The fourth-order valence-electron chi connectivity index (χ4n) is 1.77. The number of ether oxygens (including phenoxy) is 1. The first kappa shape index (κ1) is 14.5. The van der Waals surface area contributed by atoms with E-state index in [1.54, 1.807) is 17.1 Å². The summed E-state index contributed by atoms with van der Waals surface area (Å²) in [4.78, 5) is 26.3. The zero-order valence-corrected chi connectivity index (χ0v) is 10.6. The standard InChI is InChI=1S/C11H15N3O3.ClH/c12-10(15)9-2-1-3-14(8-9)11(16)13-4-6-17-7-5-13;/h1-2,8H,3-7H2,(H2,12,15);1H/p-1. The molecule has 0 aromatic rings. The number of nitrogens with two attached hydrogens (primary N) is 1. The lowest BCUT2D eigenvalue weighted by molar-refractivity contribution is -0.114. The molecule has 3 amide bonds. The minimum absolute atomic E-state index is 0.